The van der Waals surface area contributed by atoms with Crippen LogP contribution in [0.5, 0.6) is 0 Å². The summed E-state index contributed by atoms with van der Waals surface area (Å²) in [4.78, 5) is 18.7. The number of hydrogen-bond donors (Lipinski definition) is 0. The number of carbonyl (C=O) groups is 1. The zero-order valence-electron chi connectivity index (χ0n) is 16.2. The summed E-state index contributed by atoms with van der Waals surface area (Å²) in [6, 6.07) is 8.24. The van der Waals surface area contributed by atoms with Crippen molar-refractivity contribution in [1.82, 2.24) is 14.7 Å². The number of carbonyl (C=O) groups excluding carboxylic acids is 1. The van der Waals surface area contributed by atoms with E-state index < -0.39 is 0 Å². The van der Waals surface area contributed by atoms with Crippen LogP contribution >= 0.6 is 0 Å². The van der Waals surface area contributed by atoms with Crippen LogP contribution in [0.3, 0.4) is 0 Å². The molecule has 0 radical (unpaired) electrons. The van der Waals surface area contributed by atoms with E-state index in [1.54, 1.807) is 0 Å². The summed E-state index contributed by atoms with van der Waals surface area (Å²) < 4.78 is 0. The van der Waals surface area contributed by atoms with Gasteiger partial charge in [0, 0.05) is 51.0 Å². The maximum atomic E-state index is 11.4. The summed E-state index contributed by atoms with van der Waals surface area (Å²) in [6.07, 6.45) is 6.66. The molecule has 0 spiro atoms. The summed E-state index contributed by atoms with van der Waals surface area (Å²) >= 11 is 0. The monoisotopic (exact) mass is 343 g/mol. The van der Waals surface area contributed by atoms with Crippen LogP contribution in [0.4, 0.5) is 0 Å². The Kier molecular flexibility index (Phi) is 7.66. The lowest BCUT2D eigenvalue weighted by atomic mass is 10.0. The Labute approximate surface area is 153 Å². The zero-order valence-corrected chi connectivity index (χ0v) is 16.2. The Balaban J connectivity index is 2.36. The fraction of sp³-hybridized carbons (Fsp3) is 0.571. The summed E-state index contributed by atoms with van der Waals surface area (Å²) in [5.41, 5.74) is 3.06. The third kappa shape index (κ3) is 5.41. The molecule has 4 heteroatoms. The standard InChI is InChI=1S/C21H33N3O/c1-5-9-20(24-13-8-12-23(4)14-15-24)21(22(2)3)16-18-10-6-7-11-19(18)17-25/h6-7,10-11,16-17,20H,5,8-9,12-15H2,1-4H3/b21-16-. The van der Waals surface area contributed by atoms with Crippen LogP contribution in [0.2, 0.25) is 0 Å². The van der Waals surface area contributed by atoms with Gasteiger partial charge in [0.2, 0.25) is 0 Å². The van der Waals surface area contributed by atoms with Crippen LogP contribution in [-0.4, -0.2) is 74.3 Å². The van der Waals surface area contributed by atoms with Crippen molar-refractivity contribution in [3.63, 3.8) is 0 Å². The second-order valence-electron chi connectivity index (χ2n) is 7.21. The molecular weight excluding hydrogens is 310 g/mol. The first-order chi connectivity index (χ1) is 12.1. The van der Waals surface area contributed by atoms with Gasteiger partial charge in [-0.05, 0) is 38.1 Å². The molecule has 1 aliphatic heterocycles. The minimum Gasteiger partial charge on any atom is -0.380 e. The number of nitrogens with zero attached hydrogens (tertiary/aromatic N) is 3. The van der Waals surface area contributed by atoms with Crippen molar-refractivity contribution in [2.75, 3.05) is 47.3 Å². The highest BCUT2D eigenvalue weighted by molar-refractivity contribution is 5.82. The summed E-state index contributed by atoms with van der Waals surface area (Å²) in [7, 11) is 6.44. The molecule has 1 saturated heterocycles. The minimum absolute atomic E-state index is 0.395. The third-order valence-electron chi connectivity index (χ3n) is 5.04. The molecule has 25 heavy (non-hydrogen) atoms. The molecule has 1 aliphatic rings. The molecule has 1 aromatic carbocycles. The van der Waals surface area contributed by atoms with Gasteiger partial charge in [0.25, 0.3) is 0 Å². The van der Waals surface area contributed by atoms with E-state index in [9.17, 15) is 4.79 Å². The van der Waals surface area contributed by atoms with Crippen molar-refractivity contribution in [2.45, 2.75) is 32.2 Å². The van der Waals surface area contributed by atoms with Crippen molar-refractivity contribution in [3.8, 4) is 0 Å². The predicted octanol–water partition coefficient (Wildman–Crippen LogP) is 3.21. The van der Waals surface area contributed by atoms with Gasteiger partial charge in [-0.25, -0.2) is 0 Å². The molecule has 4 nitrogen and oxygen atoms in total. The molecule has 0 bridgehead atoms. The topological polar surface area (TPSA) is 26.8 Å². The summed E-state index contributed by atoms with van der Waals surface area (Å²) in [5, 5.41) is 0. The molecule has 0 amide bonds. The van der Waals surface area contributed by atoms with Gasteiger partial charge in [0.1, 0.15) is 0 Å². The van der Waals surface area contributed by atoms with Crippen molar-refractivity contribution >= 4 is 12.4 Å². The van der Waals surface area contributed by atoms with Crippen LogP contribution < -0.4 is 0 Å². The Bertz CT molecular complexity index is 582. The molecule has 0 aromatic heterocycles. The smallest absolute Gasteiger partial charge is 0.150 e. The van der Waals surface area contributed by atoms with Crippen molar-refractivity contribution < 1.29 is 4.79 Å². The predicted molar refractivity (Wildman–Crippen MR) is 106 cm³/mol. The van der Waals surface area contributed by atoms with E-state index in [1.165, 1.54) is 18.7 Å². The lowest BCUT2D eigenvalue weighted by Gasteiger charge is -2.35. The van der Waals surface area contributed by atoms with Gasteiger partial charge in [0.05, 0.1) is 0 Å². The first kappa shape index (κ1) is 19.7. The Morgan fingerprint density at radius 2 is 1.88 bits per heavy atom. The fourth-order valence-corrected chi connectivity index (χ4v) is 3.60. The number of aldehydes is 1. The fourth-order valence-electron chi connectivity index (χ4n) is 3.60. The maximum absolute atomic E-state index is 11.4. The zero-order chi connectivity index (χ0) is 18.2. The molecule has 0 N–H and O–H groups in total. The highest BCUT2D eigenvalue weighted by Gasteiger charge is 2.25. The van der Waals surface area contributed by atoms with Gasteiger partial charge >= 0.3 is 0 Å². The van der Waals surface area contributed by atoms with E-state index >= 15 is 0 Å². The van der Waals surface area contributed by atoms with Gasteiger partial charge < -0.3 is 9.80 Å². The van der Waals surface area contributed by atoms with Gasteiger partial charge in [-0.1, -0.05) is 37.6 Å². The molecule has 1 atom stereocenters. The van der Waals surface area contributed by atoms with E-state index in [0.29, 0.717) is 6.04 Å². The average molecular weight is 344 g/mol. The van der Waals surface area contributed by atoms with E-state index in [1.807, 2.05) is 24.3 Å². The molecule has 1 unspecified atom stereocenters. The van der Waals surface area contributed by atoms with E-state index in [2.05, 4.69) is 48.8 Å². The van der Waals surface area contributed by atoms with Gasteiger partial charge in [0.15, 0.2) is 6.29 Å². The highest BCUT2D eigenvalue weighted by atomic mass is 16.1. The van der Waals surface area contributed by atoms with Crippen LogP contribution in [0.25, 0.3) is 6.08 Å². The Hall–Kier alpha value is -1.65. The summed E-state index contributed by atoms with van der Waals surface area (Å²) in [5.74, 6) is 0. The van der Waals surface area contributed by atoms with E-state index in [-0.39, 0.29) is 0 Å². The first-order valence-electron chi connectivity index (χ1n) is 9.42. The van der Waals surface area contributed by atoms with E-state index in [4.69, 9.17) is 0 Å². The molecule has 1 aromatic rings. The molecule has 0 aliphatic carbocycles. The van der Waals surface area contributed by atoms with Crippen LogP contribution in [0.15, 0.2) is 30.0 Å². The summed E-state index contributed by atoms with van der Waals surface area (Å²) in [6.45, 7) is 6.77. The van der Waals surface area contributed by atoms with Crippen LogP contribution in [0.1, 0.15) is 42.1 Å². The molecular formula is C21H33N3O. The highest BCUT2D eigenvalue weighted by Crippen LogP contribution is 2.23. The lowest BCUT2D eigenvalue weighted by Crippen LogP contribution is -2.42. The molecule has 1 heterocycles. The second kappa shape index (κ2) is 9.73. The molecule has 0 saturated carbocycles. The van der Waals surface area contributed by atoms with Crippen molar-refractivity contribution in [2.24, 2.45) is 0 Å². The quantitative estimate of drug-likeness (QED) is 0.710. The number of benzene rings is 1. The van der Waals surface area contributed by atoms with Crippen molar-refractivity contribution in [3.05, 3.63) is 41.1 Å². The minimum atomic E-state index is 0.395. The normalized spacial score (nSPS) is 18.6. The van der Waals surface area contributed by atoms with Gasteiger partial charge in [-0.15, -0.1) is 0 Å². The Morgan fingerprint density at radius 3 is 2.52 bits per heavy atom. The second-order valence-corrected chi connectivity index (χ2v) is 7.21. The van der Waals surface area contributed by atoms with Crippen LogP contribution in [-0.2, 0) is 0 Å². The van der Waals surface area contributed by atoms with Gasteiger partial charge in [-0.3, -0.25) is 9.69 Å². The third-order valence-corrected chi connectivity index (χ3v) is 5.04. The number of hydrogen-bond acceptors (Lipinski definition) is 4. The van der Waals surface area contributed by atoms with E-state index in [0.717, 1.165) is 49.9 Å². The molecule has 2 rings (SSSR count). The van der Waals surface area contributed by atoms with Crippen LogP contribution in [0, 0.1) is 0 Å². The van der Waals surface area contributed by atoms with Gasteiger partial charge in [-0.2, -0.15) is 0 Å². The Morgan fingerprint density at radius 1 is 1.16 bits per heavy atom. The number of rotatable bonds is 7. The van der Waals surface area contributed by atoms with Crippen molar-refractivity contribution in [1.29, 1.82) is 0 Å². The largest absolute Gasteiger partial charge is 0.380 e. The number of likely N-dealkylation sites (N-methyl/N-ethyl adjacent to an activating group) is 2. The average Bonchev–Trinajstić information content (AvgIpc) is 2.82. The maximum Gasteiger partial charge on any atom is 0.150 e. The molecule has 1 fully saturated rings. The SMILES string of the molecule is CCCC(/C(=C/c1ccccc1C=O)N(C)C)N1CCCN(C)CC1. The molecule has 138 valence electrons. The lowest BCUT2D eigenvalue weighted by molar-refractivity contribution is 0.112. The first-order valence-corrected chi connectivity index (χ1v) is 9.42.